The average molecular weight is 498 g/mol. The molecule has 5 heteroatoms. The van der Waals surface area contributed by atoms with Gasteiger partial charge in [0.1, 0.15) is 0 Å². The molecule has 2 aromatic rings. The van der Waals surface area contributed by atoms with E-state index >= 15 is 0 Å². The number of aliphatic imine (C=N–C) groups is 1. The van der Waals surface area contributed by atoms with E-state index in [1.165, 1.54) is 21.9 Å². The fraction of sp³-hybridized carbons (Fsp3) is 0.381. The third-order valence-corrected chi connectivity index (χ3v) is 6.84. The minimum Gasteiger partial charge on any atom is -0.343 e. The van der Waals surface area contributed by atoms with Crippen LogP contribution in [0.15, 0.2) is 59.6 Å². The van der Waals surface area contributed by atoms with Crippen LogP contribution in [-0.2, 0) is 13.1 Å². The summed E-state index contributed by atoms with van der Waals surface area (Å²) in [5.74, 6) is 0.573. The van der Waals surface area contributed by atoms with Crippen LogP contribution >= 0.6 is 44.7 Å². The van der Waals surface area contributed by atoms with E-state index in [1.807, 2.05) is 11.8 Å². The summed E-state index contributed by atoms with van der Waals surface area (Å²) in [5, 5.41) is 2.71. The first-order valence-corrected chi connectivity index (χ1v) is 10.8. The van der Waals surface area contributed by atoms with Crippen LogP contribution in [0.2, 0.25) is 0 Å². The predicted octanol–water partition coefficient (Wildman–Crippen LogP) is 6.26. The van der Waals surface area contributed by atoms with Crippen LogP contribution in [-0.4, -0.2) is 27.2 Å². The predicted molar refractivity (Wildman–Crippen MR) is 124 cm³/mol. The van der Waals surface area contributed by atoms with Gasteiger partial charge in [-0.25, -0.2) is 0 Å². The maximum atomic E-state index is 4.80. The molecule has 0 N–H and O–H groups in total. The maximum absolute atomic E-state index is 4.80. The fourth-order valence-electron chi connectivity index (χ4n) is 2.88. The lowest BCUT2D eigenvalue weighted by molar-refractivity contribution is 0.414. The summed E-state index contributed by atoms with van der Waals surface area (Å²) >= 11 is 5.49. The topological polar surface area (TPSA) is 15.6 Å². The van der Waals surface area contributed by atoms with Gasteiger partial charge in [0.15, 0.2) is 5.17 Å². The van der Waals surface area contributed by atoms with Gasteiger partial charge in [-0.2, -0.15) is 0 Å². The summed E-state index contributed by atoms with van der Waals surface area (Å²) in [4.78, 5) is 7.21. The first-order valence-electron chi connectivity index (χ1n) is 8.80. The molecule has 140 valence electrons. The van der Waals surface area contributed by atoms with Crippen LogP contribution in [0, 0.1) is 0 Å². The summed E-state index contributed by atoms with van der Waals surface area (Å²) in [6.07, 6.45) is 0. The fourth-order valence-corrected chi connectivity index (χ4v) is 4.42. The highest BCUT2D eigenvalue weighted by Crippen LogP contribution is 2.27. The minimum absolute atomic E-state index is 0. The van der Waals surface area contributed by atoms with E-state index in [4.69, 9.17) is 4.99 Å². The number of alkyl halides is 1. The molecule has 1 atom stereocenters. The Hall–Kier alpha value is -0.780. The molecule has 0 radical (unpaired) electrons. The molecule has 1 aliphatic heterocycles. The molecular weight excluding hydrogens is 472 g/mol. The standard InChI is InChI=1S/C21H25BrN2S.BrH/c1-16(2)19-10-8-18(9-11-19)15-24(14-17-6-4-3-5-7-17)21-23-13-20(12-22)25-21;/h3-11,16,20H,12-15H2,1-2H3;1H. The molecule has 0 saturated carbocycles. The Morgan fingerprint density at radius 3 is 2.19 bits per heavy atom. The number of hydrogen-bond acceptors (Lipinski definition) is 3. The van der Waals surface area contributed by atoms with E-state index in [0.29, 0.717) is 11.2 Å². The highest BCUT2D eigenvalue weighted by molar-refractivity contribution is 9.09. The molecule has 26 heavy (non-hydrogen) atoms. The first-order chi connectivity index (χ1) is 12.2. The van der Waals surface area contributed by atoms with Gasteiger partial charge in [-0.3, -0.25) is 4.99 Å². The zero-order chi connectivity index (χ0) is 17.6. The number of halogens is 2. The van der Waals surface area contributed by atoms with Gasteiger partial charge in [0.2, 0.25) is 0 Å². The van der Waals surface area contributed by atoms with Crippen molar-refractivity contribution >= 4 is 49.8 Å². The largest absolute Gasteiger partial charge is 0.343 e. The summed E-state index contributed by atoms with van der Waals surface area (Å²) in [5.41, 5.74) is 4.06. The third kappa shape index (κ3) is 5.86. The van der Waals surface area contributed by atoms with E-state index in [-0.39, 0.29) is 17.0 Å². The number of hydrogen-bond donors (Lipinski definition) is 0. The van der Waals surface area contributed by atoms with Gasteiger partial charge in [0, 0.05) is 23.7 Å². The van der Waals surface area contributed by atoms with E-state index in [1.54, 1.807) is 0 Å². The summed E-state index contributed by atoms with van der Waals surface area (Å²) in [6.45, 7) is 7.17. The zero-order valence-corrected chi connectivity index (χ0v) is 19.4. The molecule has 1 heterocycles. The van der Waals surface area contributed by atoms with Gasteiger partial charge < -0.3 is 4.90 Å². The van der Waals surface area contributed by atoms with Gasteiger partial charge in [0.25, 0.3) is 0 Å². The molecule has 3 rings (SSSR count). The Balaban J connectivity index is 0.00000243. The molecule has 0 aromatic heterocycles. The van der Waals surface area contributed by atoms with Crippen molar-refractivity contribution in [2.45, 2.75) is 38.1 Å². The Morgan fingerprint density at radius 2 is 1.65 bits per heavy atom. The summed E-state index contributed by atoms with van der Waals surface area (Å²) in [7, 11) is 0. The molecule has 2 aromatic carbocycles. The maximum Gasteiger partial charge on any atom is 0.160 e. The van der Waals surface area contributed by atoms with Gasteiger partial charge >= 0.3 is 0 Å². The van der Waals surface area contributed by atoms with Crippen LogP contribution in [0.4, 0.5) is 0 Å². The van der Waals surface area contributed by atoms with Gasteiger partial charge in [-0.05, 0) is 22.6 Å². The molecule has 1 aliphatic rings. The number of nitrogens with zero attached hydrogens (tertiary/aromatic N) is 2. The lowest BCUT2D eigenvalue weighted by Crippen LogP contribution is -2.27. The molecule has 0 saturated heterocycles. The first kappa shape index (κ1) is 21.5. The summed E-state index contributed by atoms with van der Waals surface area (Å²) in [6, 6.07) is 19.7. The second-order valence-corrected chi connectivity index (χ2v) is 8.67. The van der Waals surface area contributed by atoms with Crippen molar-refractivity contribution in [3.05, 3.63) is 71.3 Å². The molecule has 2 nitrogen and oxygen atoms in total. The lowest BCUT2D eigenvalue weighted by Gasteiger charge is -2.25. The van der Waals surface area contributed by atoms with E-state index in [0.717, 1.165) is 25.0 Å². The SMILES string of the molecule is Br.CC(C)c1ccc(CN(Cc2ccccc2)C2=NCC(CBr)S2)cc1. The second-order valence-electron chi connectivity index (χ2n) is 6.76. The monoisotopic (exact) mass is 496 g/mol. The van der Waals surface area contributed by atoms with Crippen LogP contribution < -0.4 is 0 Å². The Morgan fingerprint density at radius 1 is 1.04 bits per heavy atom. The molecule has 1 unspecified atom stereocenters. The van der Waals surface area contributed by atoms with E-state index < -0.39 is 0 Å². The van der Waals surface area contributed by atoms with E-state index in [2.05, 4.69) is 89.3 Å². The van der Waals surface area contributed by atoms with Gasteiger partial charge in [-0.15, -0.1) is 17.0 Å². The van der Waals surface area contributed by atoms with Crippen LogP contribution in [0.1, 0.15) is 36.5 Å². The van der Waals surface area contributed by atoms with Crippen molar-refractivity contribution in [1.29, 1.82) is 0 Å². The van der Waals surface area contributed by atoms with Crippen LogP contribution in [0.25, 0.3) is 0 Å². The second kappa shape index (κ2) is 10.5. The normalized spacial score (nSPS) is 16.3. The number of rotatable bonds is 6. The van der Waals surface area contributed by atoms with Crippen molar-refractivity contribution in [1.82, 2.24) is 4.90 Å². The highest BCUT2D eigenvalue weighted by Gasteiger charge is 2.23. The zero-order valence-electron chi connectivity index (χ0n) is 15.3. The average Bonchev–Trinajstić information content (AvgIpc) is 3.12. The Kier molecular flexibility index (Phi) is 8.71. The molecule has 0 fully saturated rings. The molecule has 0 amide bonds. The van der Waals surface area contributed by atoms with Crippen molar-refractivity contribution in [2.24, 2.45) is 4.99 Å². The molecule has 0 aliphatic carbocycles. The number of amidine groups is 1. The minimum atomic E-state index is 0. The molecule has 0 spiro atoms. The van der Waals surface area contributed by atoms with Crippen molar-refractivity contribution < 1.29 is 0 Å². The molecule has 0 bridgehead atoms. The molecular formula is C21H26Br2N2S. The Labute approximate surface area is 180 Å². The Bertz CT molecular complexity index is 702. The van der Waals surface area contributed by atoms with Gasteiger partial charge in [0.05, 0.1) is 6.54 Å². The summed E-state index contributed by atoms with van der Waals surface area (Å²) < 4.78 is 0. The van der Waals surface area contributed by atoms with Gasteiger partial charge in [-0.1, -0.05) is 96.1 Å². The van der Waals surface area contributed by atoms with Crippen LogP contribution in [0.3, 0.4) is 0 Å². The van der Waals surface area contributed by atoms with Crippen molar-refractivity contribution in [3.8, 4) is 0 Å². The number of thioether (sulfide) groups is 1. The van der Waals surface area contributed by atoms with Crippen molar-refractivity contribution in [3.63, 3.8) is 0 Å². The smallest absolute Gasteiger partial charge is 0.160 e. The third-order valence-electron chi connectivity index (χ3n) is 4.38. The van der Waals surface area contributed by atoms with Crippen LogP contribution in [0.5, 0.6) is 0 Å². The quantitative estimate of drug-likeness (QED) is 0.438. The number of benzene rings is 2. The van der Waals surface area contributed by atoms with E-state index in [9.17, 15) is 0 Å². The van der Waals surface area contributed by atoms with Crippen molar-refractivity contribution in [2.75, 3.05) is 11.9 Å². The lowest BCUT2D eigenvalue weighted by atomic mass is 10.0. The highest BCUT2D eigenvalue weighted by atomic mass is 79.9.